The lowest BCUT2D eigenvalue weighted by Gasteiger charge is -2.23. The number of aromatic nitrogens is 1. The summed E-state index contributed by atoms with van der Waals surface area (Å²) in [5, 5.41) is 5.23. The molecule has 140 valence electrons. The Kier molecular flexibility index (Phi) is 8.12. The van der Waals surface area contributed by atoms with Gasteiger partial charge in [-0.05, 0) is 31.4 Å². The van der Waals surface area contributed by atoms with Crippen LogP contribution in [-0.4, -0.2) is 40.5 Å². The van der Waals surface area contributed by atoms with Gasteiger partial charge in [-0.1, -0.05) is 32.0 Å². The molecule has 1 aromatic heterocycles. The third-order valence-electron chi connectivity index (χ3n) is 3.63. The van der Waals surface area contributed by atoms with Gasteiger partial charge in [0, 0.05) is 16.8 Å². The summed E-state index contributed by atoms with van der Waals surface area (Å²) >= 11 is 2.88. The van der Waals surface area contributed by atoms with Gasteiger partial charge in [0.2, 0.25) is 11.8 Å². The molecule has 0 aliphatic rings. The van der Waals surface area contributed by atoms with Gasteiger partial charge in [0.25, 0.3) is 0 Å². The molecule has 0 unspecified atom stereocenters. The van der Waals surface area contributed by atoms with E-state index < -0.39 is 0 Å². The fraction of sp³-hybridized carbons (Fsp3) is 0.421. The van der Waals surface area contributed by atoms with Gasteiger partial charge < -0.3 is 10.2 Å². The molecular weight excluding hydrogens is 366 g/mol. The number of amides is 2. The molecule has 0 aliphatic heterocycles. The van der Waals surface area contributed by atoms with Crippen LogP contribution in [0.1, 0.15) is 26.0 Å². The molecule has 0 fully saturated rings. The van der Waals surface area contributed by atoms with Crippen LogP contribution in [0.2, 0.25) is 0 Å². The minimum absolute atomic E-state index is 0.0232. The van der Waals surface area contributed by atoms with Crippen molar-refractivity contribution in [2.45, 2.75) is 32.1 Å². The minimum Gasteiger partial charge on any atom is -0.333 e. The number of benzene rings is 1. The third-order valence-corrected chi connectivity index (χ3v) is 5.51. The molecule has 0 aliphatic carbocycles. The second kappa shape index (κ2) is 10.3. The van der Waals surface area contributed by atoms with Crippen molar-refractivity contribution >= 4 is 40.0 Å². The van der Waals surface area contributed by atoms with Gasteiger partial charge >= 0.3 is 0 Å². The van der Waals surface area contributed by atoms with Gasteiger partial charge in [-0.2, -0.15) is 0 Å². The van der Waals surface area contributed by atoms with Crippen LogP contribution < -0.4 is 5.32 Å². The Labute approximate surface area is 163 Å². The van der Waals surface area contributed by atoms with E-state index in [9.17, 15) is 9.59 Å². The zero-order valence-electron chi connectivity index (χ0n) is 15.4. The fourth-order valence-electron chi connectivity index (χ4n) is 2.20. The van der Waals surface area contributed by atoms with Crippen molar-refractivity contribution in [3.63, 3.8) is 0 Å². The number of thiazole rings is 1. The van der Waals surface area contributed by atoms with E-state index in [0.717, 1.165) is 17.0 Å². The molecule has 1 N–H and O–H groups in total. The van der Waals surface area contributed by atoms with E-state index >= 15 is 0 Å². The summed E-state index contributed by atoms with van der Waals surface area (Å²) in [5.41, 5.74) is 0.873. The summed E-state index contributed by atoms with van der Waals surface area (Å²) in [6.45, 7) is 6.74. The zero-order chi connectivity index (χ0) is 18.9. The number of nitrogens with zero attached hydrogens (tertiary/aromatic N) is 2. The maximum Gasteiger partial charge on any atom is 0.245 e. The SMILES string of the molecule is Cc1csc(NC(=O)CN(CCC(C)C)C(=O)CSc2ccccc2)n1. The predicted molar refractivity (Wildman–Crippen MR) is 109 cm³/mol. The van der Waals surface area contributed by atoms with E-state index in [-0.39, 0.29) is 18.4 Å². The zero-order valence-corrected chi connectivity index (χ0v) is 17.0. The van der Waals surface area contributed by atoms with Crippen molar-refractivity contribution < 1.29 is 9.59 Å². The molecule has 7 heteroatoms. The molecular formula is C19H25N3O2S2. The minimum atomic E-state index is -0.207. The molecule has 0 bridgehead atoms. The van der Waals surface area contributed by atoms with Crippen LogP contribution in [0.25, 0.3) is 0 Å². The lowest BCUT2D eigenvalue weighted by Crippen LogP contribution is -2.40. The lowest BCUT2D eigenvalue weighted by molar-refractivity contribution is -0.132. The van der Waals surface area contributed by atoms with Gasteiger partial charge in [-0.25, -0.2) is 4.98 Å². The first-order valence-corrected chi connectivity index (χ1v) is 10.5. The second-order valence-electron chi connectivity index (χ2n) is 6.44. The van der Waals surface area contributed by atoms with Crippen molar-refractivity contribution in [1.29, 1.82) is 0 Å². The Morgan fingerprint density at radius 3 is 2.62 bits per heavy atom. The van der Waals surface area contributed by atoms with Gasteiger partial charge in [0.1, 0.15) is 0 Å². The van der Waals surface area contributed by atoms with Crippen molar-refractivity contribution in [3.8, 4) is 0 Å². The number of carbonyl (C=O) groups is 2. The average Bonchev–Trinajstić information content (AvgIpc) is 3.01. The largest absolute Gasteiger partial charge is 0.333 e. The Hall–Kier alpha value is -1.86. The van der Waals surface area contributed by atoms with E-state index in [4.69, 9.17) is 0 Å². The van der Waals surface area contributed by atoms with Gasteiger partial charge in [0.05, 0.1) is 18.0 Å². The number of aryl methyl sites for hydroxylation is 1. The number of rotatable bonds is 9. The first-order valence-electron chi connectivity index (χ1n) is 8.61. The van der Waals surface area contributed by atoms with Crippen LogP contribution in [0.4, 0.5) is 5.13 Å². The highest BCUT2D eigenvalue weighted by molar-refractivity contribution is 8.00. The van der Waals surface area contributed by atoms with Crippen LogP contribution in [0.5, 0.6) is 0 Å². The normalized spacial score (nSPS) is 10.8. The number of hydrogen-bond donors (Lipinski definition) is 1. The van der Waals surface area contributed by atoms with E-state index in [0.29, 0.717) is 23.3 Å². The van der Waals surface area contributed by atoms with E-state index in [1.807, 2.05) is 42.6 Å². The van der Waals surface area contributed by atoms with Crippen LogP contribution >= 0.6 is 23.1 Å². The first-order chi connectivity index (χ1) is 12.4. The summed E-state index contributed by atoms with van der Waals surface area (Å²) in [6, 6.07) is 9.81. The Balaban J connectivity index is 1.92. The predicted octanol–water partition coefficient (Wildman–Crippen LogP) is 4.06. The molecule has 0 atom stereocenters. The van der Waals surface area contributed by atoms with E-state index in [2.05, 4.69) is 24.1 Å². The van der Waals surface area contributed by atoms with Crippen molar-refractivity contribution in [1.82, 2.24) is 9.88 Å². The standard InChI is InChI=1S/C19H25N3O2S2/c1-14(2)9-10-22(11-17(23)21-19-20-15(3)12-26-19)18(24)13-25-16-7-5-4-6-8-16/h4-8,12,14H,9-11,13H2,1-3H3,(H,20,21,23). The van der Waals surface area contributed by atoms with Crippen molar-refractivity contribution in [2.24, 2.45) is 5.92 Å². The Morgan fingerprint density at radius 1 is 1.27 bits per heavy atom. The molecule has 5 nitrogen and oxygen atoms in total. The maximum absolute atomic E-state index is 12.6. The molecule has 0 radical (unpaired) electrons. The van der Waals surface area contributed by atoms with E-state index in [1.54, 1.807) is 4.90 Å². The van der Waals surface area contributed by atoms with Crippen molar-refractivity contribution in [3.05, 3.63) is 41.4 Å². The fourth-order valence-corrected chi connectivity index (χ4v) is 3.73. The monoisotopic (exact) mass is 391 g/mol. The Bertz CT molecular complexity index is 717. The molecule has 26 heavy (non-hydrogen) atoms. The average molecular weight is 392 g/mol. The number of carbonyl (C=O) groups excluding carboxylic acids is 2. The van der Waals surface area contributed by atoms with Crippen LogP contribution in [0.15, 0.2) is 40.6 Å². The molecule has 0 saturated carbocycles. The summed E-state index contributed by atoms with van der Waals surface area (Å²) in [7, 11) is 0. The number of nitrogens with one attached hydrogen (secondary N) is 1. The number of thioether (sulfide) groups is 1. The summed E-state index contributed by atoms with van der Waals surface area (Å²) in [5.74, 6) is 0.564. The third kappa shape index (κ3) is 7.17. The first kappa shape index (κ1) is 20.5. The van der Waals surface area contributed by atoms with Crippen LogP contribution in [-0.2, 0) is 9.59 Å². The summed E-state index contributed by atoms with van der Waals surface area (Å²) in [6.07, 6.45) is 0.866. The number of anilines is 1. The molecule has 2 rings (SSSR count). The molecule has 0 saturated heterocycles. The van der Waals surface area contributed by atoms with E-state index in [1.165, 1.54) is 23.1 Å². The molecule has 0 spiro atoms. The molecule has 2 amide bonds. The number of hydrogen-bond acceptors (Lipinski definition) is 5. The highest BCUT2D eigenvalue weighted by Crippen LogP contribution is 2.18. The van der Waals surface area contributed by atoms with Crippen LogP contribution in [0, 0.1) is 12.8 Å². The summed E-state index contributed by atoms with van der Waals surface area (Å²) in [4.78, 5) is 31.9. The topological polar surface area (TPSA) is 62.3 Å². The smallest absolute Gasteiger partial charge is 0.245 e. The highest BCUT2D eigenvalue weighted by atomic mass is 32.2. The van der Waals surface area contributed by atoms with Gasteiger partial charge in [-0.3, -0.25) is 9.59 Å². The van der Waals surface area contributed by atoms with Crippen LogP contribution in [0.3, 0.4) is 0 Å². The molecule has 1 aromatic carbocycles. The molecule has 2 aromatic rings. The maximum atomic E-state index is 12.6. The van der Waals surface area contributed by atoms with Gasteiger partial charge in [-0.15, -0.1) is 23.1 Å². The quantitative estimate of drug-likeness (QED) is 0.655. The van der Waals surface area contributed by atoms with Crippen molar-refractivity contribution in [2.75, 3.05) is 24.2 Å². The second-order valence-corrected chi connectivity index (χ2v) is 8.35. The Morgan fingerprint density at radius 2 is 2.00 bits per heavy atom. The molecule has 1 heterocycles. The summed E-state index contributed by atoms with van der Waals surface area (Å²) < 4.78 is 0. The van der Waals surface area contributed by atoms with Gasteiger partial charge in [0.15, 0.2) is 5.13 Å². The lowest BCUT2D eigenvalue weighted by atomic mass is 10.1. The highest BCUT2D eigenvalue weighted by Gasteiger charge is 2.18.